The molecule has 2 aromatic rings. The monoisotopic (exact) mass is 347 g/mol. The maximum Gasteiger partial charge on any atom is 0.252 e. The number of benzene rings is 2. The molecule has 0 atom stereocenters. The van der Waals surface area contributed by atoms with E-state index >= 15 is 0 Å². The van der Waals surface area contributed by atoms with Gasteiger partial charge in [0.2, 0.25) is 0 Å². The number of hydrogen-bond donors (Lipinski definition) is 1. The van der Waals surface area contributed by atoms with Crippen LogP contribution in [0.15, 0.2) is 54.6 Å². The molecule has 26 heavy (non-hydrogen) atoms. The number of methoxy groups -OCH3 is 1. The molecule has 0 unspecified atom stereocenters. The fourth-order valence-electron chi connectivity index (χ4n) is 3.60. The van der Waals surface area contributed by atoms with E-state index in [1.165, 1.54) is 25.7 Å². The first-order valence-electron chi connectivity index (χ1n) is 9.47. The number of para-hydroxylation sites is 1. The highest BCUT2D eigenvalue weighted by atomic mass is 16.5. The molecule has 0 aromatic heterocycles. The van der Waals surface area contributed by atoms with Crippen molar-refractivity contribution < 1.29 is 9.53 Å². The fourth-order valence-corrected chi connectivity index (χ4v) is 3.60. The Morgan fingerprint density at radius 2 is 1.62 bits per heavy atom. The predicted octanol–water partition coefficient (Wildman–Crippen LogP) is 4.54. The molecule has 3 nitrogen and oxygen atoms in total. The lowest BCUT2D eigenvalue weighted by molar-refractivity contribution is -0.116. The molecule has 0 aliphatic heterocycles. The smallest absolute Gasteiger partial charge is 0.252 e. The van der Waals surface area contributed by atoms with Crippen molar-refractivity contribution in [2.75, 3.05) is 7.11 Å². The lowest BCUT2D eigenvalue weighted by Gasteiger charge is -2.19. The highest BCUT2D eigenvalue weighted by Crippen LogP contribution is 2.44. The molecule has 3 heteroatoms. The summed E-state index contributed by atoms with van der Waals surface area (Å²) in [6.45, 7) is 0. The van der Waals surface area contributed by atoms with Gasteiger partial charge >= 0.3 is 0 Å². The summed E-state index contributed by atoms with van der Waals surface area (Å²) >= 11 is 0. The zero-order valence-electron chi connectivity index (χ0n) is 15.2. The van der Waals surface area contributed by atoms with Crippen LogP contribution in [0.2, 0.25) is 0 Å². The summed E-state index contributed by atoms with van der Waals surface area (Å²) in [4.78, 5) is 13.2. The van der Waals surface area contributed by atoms with Gasteiger partial charge in [-0.15, -0.1) is 0 Å². The number of ether oxygens (including phenoxy) is 1. The molecule has 1 N–H and O–H groups in total. The van der Waals surface area contributed by atoms with Crippen LogP contribution in [0, 0.1) is 11.8 Å². The Labute approximate surface area is 155 Å². The summed E-state index contributed by atoms with van der Waals surface area (Å²) in [7, 11) is 1.66. The summed E-state index contributed by atoms with van der Waals surface area (Å²) < 4.78 is 5.46. The molecule has 2 saturated carbocycles. The number of carbonyl (C=O) groups excluding carboxylic acids is 1. The van der Waals surface area contributed by atoms with E-state index < -0.39 is 0 Å². The van der Waals surface area contributed by atoms with Crippen LogP contribution in [0.25, 0.3) is 11.6 Å². The van der Waals surface area contributed by atoms with Crippen molar-refractivity contribution in [3.63, 3.8) is 0 Å². The molecule has 2 aliphatic rings. The lowest BCUT2D eigenvalue weighted by atomic mass is 10.00. The third kappa shape index (κ3) is 3.82. The first-order valence-corrected chi connectivity index (χ1v) is 9.47. The molecule has 0 heterocycles. The third-order valence-electron chi connectivity index (χ3n) is 5.33. The standard InChI is InChI=1S/C23H25NO2/c1-26-21-10-6-5-9-19(21)15-20(16-7-3-2-4-8-16)23(25)24-22(17-11-12-17)18-13-14-18/h2-10,15,17-18,22H,11-14H2,1H3,(H,24,25)/b20-15+. The van der Waals surface area contributed by atoms with Crippen molar-refractivity contribution in [3.8, 4) is 5.75 Å². The number of amides is 1. The quantitative estimate of drug-likeness (QED) is 0.590. The van der Waals surface area contributed by atoms with Crippen LogP contribution in [0.1, 0.15) is 36.8 Å². The van der Waals surface area contributed by atoms with E-state index in [9.17, 15) is 4.79 Å². The van der Waals surface area contributed by atoms with E-state index in [4.69, 9.17) is 4.74 Å². The Kier molecular flexibility index (Phi) is 4.79. The molecule has 4 rings (SSSR count). The van der Waals surface area contributed by atoms with Crippen LogP contribution >= 0.6 is 0 Å². The maximum absolute atomic E-state index is 13.2. The summed E-state index contributed by atoms with van der Waals surface area (Å²) in [5, 5.41) is 3.35. The predicted molar refractivity (Wildman–Crippen MR) is 105 cm³/mol. The molecule has 1 amide bonds. The molecule has 0 spiro atoms. The highest BCUT2D eigenvalue weighted by molar-refractivity contribution is 6.24. The van der Waals surface area contributed by atoms with Gasteiger partial charge in [0.05, 0.1) is 7.11 Å². The van der Waals surface area contributed by atoms with Gasteiger partial charge in [0.1, 0.15) is 5.75 Å². The molecule has 2 aliphatic carbocycles. The van der Waals surface area contributed by atoms with Crippen LogP contribution in [-0.4, -0.2) is 19.1 Å². The second-order valence-corrected chi connectivity index (χ2v) is 7.34. The first-order chi connectivity index (χ1) is 12.8. The zero-order chi connectivity index (χ0) is 17.9. The minimum Gasteiger partial charge on any atom is -0.496 e. The van der Waals surface area contributed by atoms with E-state index in [0.29, 0.717) is 23.5 Å². The van der Waals surface area contributed by atoms with Gasteiger partial charge in [0, 0.05) is 17.2 Å². The molecular formula is C23H25NO2. The Bertz CT molecular complexity index is 792. The van der Waals surface area contributed by atoms with Gasteiger partial charge in [-0.2, -0.15) is 0 Å². The average molecular weight is 347 g/mol. The zero-order valence-corrected chi connectivity index (χ0v) is 15.2. The normalized spacial score (nSPS) is 17.2. The summed E-state index contributed by atoms with van der Waals surface area (Å²) in [5.41, 5.74) is 2.54. The highest BCUT2D eigenvalue weighted by Gasteiger charge is 2.42. The molecule has 0 saturated heterocycles. The van der Waals surface area contributed by atoms with Crippen molar-refractivity contribution in [1.29, 1.82) is 0 Å². The number of hydrogen-bond acceptors (Lipinski definition) is 2. The van der Waals surface area contributed by atoms with E-state index in [-0.39, 0.29) is 5.91 Å². The molecule has 2 aromatic carbocycles. The lowest BCUT2D eigenvalue weighted by Crippen LogP contribution is -2.38. The van der Waals surface area contributed by atoms with Crippen molar-refractivity contribution in [3.05, 3.63) is 65.7 Å². The molecular weight excluding hydrogens is 322 g/mol. The van der Waals surface area contributed by atoms with Gasteiger partial charge in [-0.1, -0.05) is 48.5 Å². The maximum atomic E-state index is 13.2. The van der Waals surface area contributed by atoms with Crippen LogP contribution < -0.4 is 10.1 Å². The van der Waals surface area contributed by atoms with Crippen LogP contribution in [-0.2, 0) is 4.79 Å². The second kappa shape index (κ2) is 7.36. The van der Waals surface area contributed by atoms with Crippen molar-refractivity contribution >= 4 is 17.6 Å². The average Bonchev–Trinajstić information content (AvgIpc) is 3.58. The van der Waals surface area contributed by atoms with E-state index in [1.54, 1.807) is 7.11 Å². The van der Waals surface area contributed by atoms with Gasteiger partial charge in [0.15, 0.2) is 0 Å². The fraction of sp³-hybridized carbons (Fsp3) is 0.348. The van der Waals surface area contributed by atoms with Gasteiger partial charge in [-0.3, -0.25) is 4.79 Å². The van der Waals surface area contributed by atoms with Crippen LogP contribution in [0.4, 0.5) is 0 Å². The van der Waals surface area contributed by atoms with Crippen molar-refractivity contribution in [1.82, 2.24) is 5.32 Å². The summed E-state index contributed by atoms with van der Waals surface area (Å²) in [6, 6.07) is 18.0. The molecule has 134 valence electrons. The molecule has 2 fully saturated rings. The SMILES string of the molecule is COc1ccccc1/C=C(/C(=O)NC(C1CC1)C1CC1)c1ccccc1. The number of rotatable bonds is 7. The Hall–Kier alpha value is -2.55. The van der Waals surface area contributed by atoms with Crippen LogP contribution in [0.5, 0.6) is 5.75 Å². The van der Waals surface area contributed by atoms with Gasteiger partial charge in [-0.25, -0.2) is 0 Å². The first kappa shape index (κ1) is 16.9. The second-order valence-electron chi connectivity index (χ2n) is 7.34. The van der Waals surface area contributed by atoms with E-state index in [2.05, 4.69) is 5.32 Å². The number of carbonyl (C=O) groups is 1. The third-order valence-corrected chi connectivity index (χ3v) is 5.33. The largest absolute Gasteiger partial charge is 0.496 e. The van der Waals surface area contributed by atoms with Gasteiger partial charge in [-0.05, 0) is 55.2 Å². The summed E-state index contributed by atoms with van der Waals surface area (Å²) in [6.07, 6.45) is 6.94. The van der Waals surface area contributed by atoms with E-state index in [1.807, 2.05) is 60.7 Å². The number of nitrogens with one attached hydrogen (secondary N) is 1. The van der Waals surface area contributed by atoms with Gasteiger partial charge < -0.3 is 10.1 Å². The summed E-state index contributed by atoms with van der Waals surface area (Å²) in [5.74, 6) is 2.14. The van der Waals surface area contributed by atoms with Gasteiger partial charge in [0.25, 0.3) is 5.91 Å². The van der Waals surface area contributed by atoms with Crippen LogP contribution in [0.3, 0.4) is 0 Å². The van der Waals surface area contributed by atoms with E-state index in [0.717, 1.165) is 16.9 Å². The van der Waals surface area contributed by atoms with Crippen molar-refractivity contribution in [2.45, 2.75) is 31.7 Å². The molecule has 0 bridgehead atoms. The minimum atomic E-state index is 0.0194. The minimum absolute atomic E-state index is 0.0194. The Morgan fingerprint density at radius 1 is 1.00 bits per heavy atom. The Morgan fingerprint density at radius 3 is 2.23 bits per heavy atom. The van der Waals surface area contributed by atoms with Crippen molar-refractivity contribution in [2.24, 2.45) is 11.8 Å². The Balaban J connectivity index is 1.66. The molecule has 0 radical (unpaired) electrons. The topological polar surface area (TPSA) is 38.3 Å².